The van der Waals surface area contributed by atoms with Gasteiger partial charge in [0.05, 0.1) is 5.39 Å². The molecule has 1 aliphatic rings. The highest BCUT2D eigenvalue weighted by Gasteiger charge is 2.18. The number of fused-ring (bicyclic) bond motifs is 1. The van der Waals surface area contributed by atoms with Crippen molar-refractivity contribution in [2.24, 2.45) is 0 Å². The van der Waals surface area contributed by atoms with Crippen molar-refractivity contribution in [3.8, 4) is 0 Å². The Bertz CT molecular complexity index is 702. The maximum Gasteiger partial charge on any atom is 0.263 e. The zero-order valence-corrected chi connectivity index (χ0v) is 12.7. The quantitative estimate of drug-likeness (QED) is 0.628. The van der Waals surface area contributed by atoms with Crippen LogP contribution in [0, 0.1) is 11.7 Å². The number of aryl methyl sites for hydroxylation is 1. The lowest BCUT2D eigenvalue weighted by Gasteiger charge is -2.17. The highest BCUT2D eigenvalue weighted by Crippen LogP contribution is 2.27. The van der Waals surface area contributed by atoms with Crippen molar-refractivity contribution in [1.82, 2.24) is 9.55 Å². The number of aromatic nitrogens is 2. The minimum absolute atomic E-state index is 0.0926. The van der Waals surface area contributed by atoms with Crippen molar-refractivity contribution >= 4 is 33.8 Å². The summed E-state index contributed by atoms with van der Waals surface area (Å²) in [6.07, 6.45) is 7.11. The monoisotopic (exact) mass is 294 g/mol. The van der Waals surface area contributed by atoms with Gasteiger partial charge in [-0.05, 0) is 38.0 Å². The SMILES string of the molecule is Cc1cc2c(=O)n(C3CCCCCC3)c(=S)[nH]c2s1. The smallest absolute Gasteiger partial charge is 0.263 e. The number of rotatable bonds is 1. The maximum atomic E-state index is 12.7. The molecule has 102 valence electrons. The van der Waals surface area contributed by atoms with Crippen molar-refractivity contribution in [2.75, 3.05) is 0 Å². The number of aromatic amines is 1. The molecule has 1 N–H and O–H groups in total. The molecule has 5 heteroatoms. The van der Waals surface area contributed by atoms with E-state index < -0.39 is 0 Å². The number of thiophene rings is 1. The van der Waals surface area contributed by atoms with E-state index in [0.29, 0.717) is 4.77 Å². The summed E-state index contributed by atoms with van der Waals surface area (Å²) in [4.78, 5) is 18.0. The first-order chi connectivity index (χ1) is 9.16. The molecule has 3 nitrogen and oxygen atoms in total. The Hall–Kier alpha value is -0.940. The second-order valence-corrected chi connectivity index (χ2v) is 6.99. The van der Waals surface area contributed by atoms with Crippen molar-refractivity contribution in [3.05, 3.63) is 26.1 Å². The first-order valence-electron chi connectivity index (χ1n) is 6.92. The topological polar surface area (TPSA) is 37.8 Å². The van der Waals surface area contributed by atoms with Gasteiger partial charge < -0.3 is 4.98 Å². The van der Waals surface area contributed by atoms with Gasteiger partial charge in [0.2, 0.25) is 0 Å². The van der Waals surface area contributed by atoms with Gasteiger partial charge in [0, 0.05) is 10.9 Å². The highest BCUT2D eigenvalue weighted by molar-refractivity contribution is 7.71. The third-order valence-corrected chi connectivity index (χ3v) is 5.20. The number of nitrogens with zero attached hydrogens (tertiary/aromatic N) is 1. The van der Waals surface area contributed by atoms with E-state index in [1.807, 2.05) is 17.6 Å². The molecule has 0 amide bonds. The largest absolute Gasteiger partial charge is 0.323 e. The average Bonchev–Trinajstić information content (AvgIpc) is 2.59. The molecule has 2 aromatic rings. The van der Waals surface area contributed by atoms with Gasteiger partial charge in [0.25, 0.3) is 5.56 Å². The van der Waals surface area contributed by atoms with Crippen LogP contribution in [0.25, 0.3) is 10.2 Å². The van der Waals surface area contributed by atoms with Gasteiger partial charge in [-0.15, -0.1) is 11.3 Å². The third-order valence-electron chi connectivity index (χ3n) is 3.93. The van der Waals surface area contributed by atoms with Crippen molar-refractivity contribution in [3.63, 3.8) is 0 Å². The van der Waals surface area contributed by atoms with Gasteiger partial charge in [0.15, 0.2) is 4.77 Å². The standard InChI is InChI=1S/C14H18N2OS2/c1-9-8-11-12(19-9)15-14(18)16(13(11)17)10-6-4-2-3-5-7-10/h8,10H,2-7H2,1H3,(H,15,18). The fourth-order valence-corrected chi connectivity index (χ4v) is 4.29. The molecular weight excluding hydrogens is 276 g/mol. The van der Waals surface area contributed by atoms with Crippen molar-refractivity contribution in [1.29, 1.82) is 0 Å². The summed E-state index contributed by atoms with van der Waals surface area (Å²) in [6, 6.07) is 2.25. The van der Waals surface area contributed by atoms with Gasteiger partial charge >= 0.3 is 0 Å². The summed E-state index contributed by atoms with van der Waals surface area (Å²) in [5.74, 6) is 0. The van der Waals surface area contributed by atoms with E-state index in [-0.39, 0.29) is 11.6 Å². The second kappa shape index (κ2) is 5.21. The summed E-state index contributed by atoms with van der Waals surface area (Å²) in [5, 5.41) is 0.792. The van der Waals surface area contributed by atoms with Gasteiger partial charge in [-0.1, -0.05) is 25.7 Å². The molecule has 0 aromatic carbocycles. The second-order valence-electron chi connectivity index (χ2n) is 5.35. The first-order valence-corrected chi connectivity index (χ1v) is 8.14. The molecule has 1 fully saturated rings. The Kier molecular flexibility index (Phi) is 3.58. The Morgan fingerprint density at radius 2 is 2.00 bits per heavy atom. The first kappa shape index (κ1) is 13.1. The lowest BCUT2D eigenvalue weighted by molar-refractivity contribution is 0.425. The number of hydrogen-bond donors (Lipinski definition) is 1. The fraction of sp³-hybridized carbons (Fsp3) is 0.571. The molecule has 0 spiro atoms. The summed E-state index contributed by atoms with van der Waals surface area (Å²) >= 11 is 7.02. The van der Waals surface area contributed by atoms with Crippen LogP contribution in [0.5, 0.6) is 0 Å². The van der Waals surface area contributed by atoms with Crippen molar-refractivity contribution < 1.29 is 0 Å². The van der Waals surface area contributed by atoms with Crippen molar-refractivity contribution in [2.45, 2.75) is 51.5 Å². The summed E-state index contributed by atoms with van der Waals surface area (Å²) in [7, 11) is 0. The van der Waals surface area contributed by atoms with Gasteiger partial charge in [-0.3, -0.25) is 9.36 Å². The lowest BCUT2D eigenvalue weighted by atomic mass is 10.1. The number of H-pyrrole nitrogens is 1. The molecule has 0 unspecified atom stereocenters. The van der Waals surface area contributed by atoms with Gasteiger partial charge in [-0.25, -0.2) is 0 Å². The lowest BCUT2D eigenvalue weighted by Crippen LogP contribution is -2.26. The molecule has 1 aliphatic carbocycles. The zero-order valence-electron chi connectivity index (χ0n) is 11.1. The highest BCUT2D eigenvalue weighted by atomic mass is 32.1. The van der Waals surface area contributed by atoms with Crippen LogP contribution in [-0.2, 0) is 0 Å². The van der Waals surface area contributed by atoms with Crippen LogP contribution in [-0.4, -0.2) is 9.55 Å². The fourth-order valence-electron chi connectivity index (χ4n) is 2.99. The van der Waals surface area contributed by atoms with E-state index in [4.69, 9.17) is 12.2 Å². The average molecular weight is 294 g/mol. The molecule has 0 atom stereocenters. The van der Waals surface area contributed by atoms with E-state index in [1.165, 1.54) is 25.7 Å². The van der Waals surface area contributed by atoms with Gasteiger partial charge in [0.1, 0.15) is 4.83 Å². The number of hydrogen-bond acceptors (Lipinski definition) is 3. The summed E-state index contributed by atoms with van der Waals surface area (Å²) in [5.41, 5.74) is 0.0926. The van der Waals surface area contributed by atoms with Crippen LogP contribution in [0.3, 0.4) is 0 Å². The minimum atomic E-state index is 0.0926. The predicted octanol–water partition coefficient (Wildman–Crippen LogP) is 4.32. The molecular formula is C14H18N2OS2. The van der Waals surface area contributed by atoms with Crippen LogP contribution in [0.1, 0.15) is 49.4 Å². The van der Waals surface area contributed by atoms with Gasteiger partial charge in [-0.2, -0.15) is 0 Å². The van der Waals surface area contributed by atoms with E-state index >= 15 is 0 Å². The Labute approximate surface area is 121 Å². The zero-order chi connectivity index (χ0) is 13.4. The van der Waals surface area contributed by atoms with E-state index in [1.54, 1.807) is 11.3 Å². The van der Waals surface area contributed by atoms with Crippen LogP contribution in [0.4, 0.5) is 0 Å². The molecule has 3 rings (SSSR count). The Morgan fingerprint density at radius 3 is 2.68 bits per heavy atom. The molecule has 0 aliphatic heterocycles. The van der Waals surface area contributed by atoms with E-state index in [9.17, 15) is 4.79 Å². The normalized spacial score (nSPS) is 17.7. The van der Waals surface area contributed by atoms with E-state index in [0.717, 1.165) is 27.9 Å². The maximum absolute atomic E-state index is 12.7. The Balaban J connectivity index is 2.17. The van der Waals surface area contributed by atoms with Crippen LogP contribution in [0.15, 0.2) is 10.9 Å². The molecule has 0 saturated heterocycles. The molecule has 0 radical (unpaired) electrons. The summed E-state index contributed by atoms with van der Waals surface area (Å²) < 4.78 is 2.42. The molecule has 2 aromatic heterocycles. The van der Waals surface area contributed by atoms with E-state index in [2.05, 4.69) is 4.98 Å². The third kappa shape index (κ3) is 2.41. The number of nitrogens with one attached hydrogen (secondary N) is 1. The van der Waals surface area contributed by atoms with Crippen LogP contribution in [0.2, 0.25) is 0 Å². The van der Waals surface area contributed by atoms with Crippen LogP contribution >= 0.6 is 23.6 Å². The molecule has 0 bridgehead atoms. The summed E-state index contributed by atoms with van der Waals surface area (Å²) in [6.45, 7) is 2.02. The van der Waals surface area contributed by atoms with Crippen LogP contribution < -0.4 is 5.56 Å². The molecule has 2 heterocycles. The molecule has 1 saturated carbocycles. The predicted molar refractivity (Wildman–Crippen MR) is 82.7 cm³/mol. The minimum Gasteiger partial charge on any atom is -0.323 e. The Morgan fingerprint density at radius 1 is 1.32 bits per heavy atom. The molecule has 19 heavy (non-hydrogen) atoms.